The van der Waals surface area contributed by atoms with Crippen molar-refractivity contribution in [1.29, 1.82) is 0 Å². The van der Waals surface area contributed by atoms with E-state index in [9.17, 15) is 9.59 Å². The van der Waals surface area contributed by atoms with Crippen molar-refractivity contribution in [1.82, 2.24) is 4.90 Å². The molecule has 1 atom stereocenters. The third-order valence-electron chi connectivity index (χ3n) is 6.92. The van der Waals surface area contributed by atoms with Crippen LogP contribution in [0.5, 0.6) is 23.0 Å². The minimum Gasteiger partial charge on any atom is -0.497 e. The molecular weight excluding hydrogens is 486 g/mol. The van der Waals surface area contributed by atoms with Crippen LogP contribution in [0.15, 0.2) is 63.8 Å². The Morgan fingerprint density at radius 1 is 0.842 bits per heavy atom. The third-order valence-corrected chi connectivity index (χ3v) is 6.92. The minimum absolute atomic E-state index is 0.0554. The first-order valence-electron chi connectivity index (χ1n) is 12.2. The molecule has 0 saturated heterocycles. The molecule has 0 aliphatic carbocycles. The van der Waals surface area contributed by atoms with Crippen molar-refractivity contribution < 1.29 is 28.2 Å². The number of ether oxygens (including phenoxy) is 4. The highest BCUT2D eigenvalue weighted by atomic mass is 16.5. The molecule has 0 radical (unpaired) electrons. The molecule has 8 nitrogen and oxygen atoms in total. The lowest BCUT2D eigenvalue weighted by Gasteiger charge is -2.26. The Labute approximate surface area is 220 Å². The van der Waals surface area contributed by atoms with Crippen LogP contribution in [0.3, 0.4) is 0 Å². The Balaban J connectivity index is 1.67. The number of methoxy groups -OCH3 is 4. The van der Waals surface area contributed by atoms with Gasteiger partial charge in [0.2, 0.25) is 11.5 Å². The van der Waals surface area contributed by atoms with Gasteiger partial charge >= 0.3 is 0 Å². The lowest BCUT2D eigenvalue weighted by Crippen LogP contribution is -2.31. The van der Waals surface area contributed by atoms with Crippen molar-refractivity contribution in [3.63, 3.8) is 0 Å². The maximum absolute atomic E-state index is 13.9. The zero-order chi connectivity index (χ0) is 27.0. The molecule has 0 saturated carbocycles. The summed E-state index contributed by atoms with van der Waals surface area (Å²) in [5.41, 5.74) is 3.06. The summed E-state index contributed by atoms with van der Waals surface area (Å²) in [5.74, 6) is 1.75. The van der Waals surface area contributed by atoms with Crippen LogP contribution in [-0.2, 0) is 6.42 Å². The molecule has 0 fully saturated rings. The Morgan fingerprint density at radius 2 is 1.53 bits per heavy atom. The second-order valence-electron chi connectivity index (χ2n) is 9.13. The zero-order valence-corrected chi connectivity index (χ0v) is 22.0. The molecule has 0 unspecified atom stereocenters. The molecule has 0 spiro atoms. The van der Waals surface area contributed by atoms with E-state index in [1.165, 1.54) is 21.3 Å². The van der Waals surface area contributed by atoms with Crippen LogP contribution >= 0.6 is 0 Å². The number of hydrogen-bond donors (Lipinski definition) is 0. The molecule has 8 heteroatoms. The van der Waals surface area contributed by atoms with E-state index in [0.29, 0.717) is 52.3 Å². The number of carbonyl (C=O) groups is 1. The van der Waals surface area contributed by atoms with Gasteiger partial charge < -0.3 is 28.3 Å². The van der Waals surface area contributed by atoms with Gasteiger partial charge in [-0.3, -0.25) is 9.59 Å². The van der Waals surface area contributed by atoms with Gasteiger partial charge in [-0.1, -0.05) is 23.8 Å². The monoisotopic (exact) mass is 515 g/mol. The van der Waals surface area contributed by atoms with Crippen molar-refractivity contribution in [3.8, 4) is 23.0 Å². The minimum atomic E-state index is -0.703. The molecule has 5 rings (SSSR count). The van der Waals surface area contributed by atoms with Gasteiger partial charge in [0.1, 0.15) is 11.3 Å². The Bertz CT molecular complexity index is 1550. The number of rotatable bonds is 8. The third kappa shape index (κ3) is 4.22. The normalized spacial score (nSPS) is 14.5. The zero-order valence-electron chi connectivity index (χ0n) is 22.0. The fourth-order valence-corrected chi connectivity index (χ4v) is 5.01. The van der Waals surface area contributed by atoms with E-state index >= 15 is 0 Å². The molecule has 0 N–H and O–H groups in total. The summed E-state index contributed by atoms with van der Waals surface area (Å²) < 4.78 is 28.0. The summed E-state index contributed by atoms with van der Waals surface area (Å²) in [6.45, 7) is 2.26. The van der Waals surface area contributed by atoms with E-state index in [0.717, 1.165) is 16.9 Å². The van der Waals surface area contributed by atoms with E-state index in [4.69, 9.17) is 23.4 Å². The number of fused-ring (bicyclic) bond motifs is 2. The van der Waals surface area contributed by atoms with Crippen molar-refractivity contribution in [3.05, 3.63) is 92.8 Å². The van der Waals surface area contributed by atoms with E-state index in [-0.39, 0.29) is 17.1 Å². The molecule has 0 bridgehead atoms. The van der Waals surface area contributed by atoms with Gasteiger partial charge in [0.05, 0.1) is 45.4 Å². The Kier molecular flexibility index (Phi) is 6.72. The van der Waals surface area contributed by atoms with Crippen molar-refractivity contribution in [2.45, 2.75) is 19.4 Å². The highest BCUT2D eigenvalue weighted by Crippen LogP contribution is 2.45. The van der Waals surface area contributed by atoms with Crippen molar-refractivity contribution in [2.75, 3.05) is 35.0 Å². The first kappa shape index (κ1) is 25.2. The smallest absolute Gasteiger partial charge is 0.290 e. The maximum Gasteiger partial charge on any atom is 0.290 e. The predicted octanol–water partition coefficient (Wildman–Crippen LogP) is 4.92. The largest absolute Gasteiger partial charge is 0.497 e. The maximum atomic E-state index is 13.9. The second kappa shape index (κ2) is 10.1. The van der Waals surface area contributed by atoms with Crippen molar-refractivity contribution in [2.24, 2.45) is 0 Å². The summed E-state index contributed by atoms with van der Waals surface area (Å²) in [6, 6.07) is 15.9. The molecule has 4 aromatic rings. The second-order valence-corrected chi connectivity index (χ2v) is 9.13. The number of benzene rings is 3. The molecule has 1 aromatic heterocycles. The van der Waals surface area contributed by atoms with E-state index < -0.39 is 6.04 Å². The predicted molar refractivity (Wildman–Crippen MR) is 143 cm³/mol. The van der Waals surface area contributed by atoms with Crippen LogP contribution in [-0.4, -0.2) is 45.8 Å². The van der Waals surface area contributed by atoms with Gasteiger partial charge in [0.25, 0.3) is 5.91 Å². The van der Waals surface area contributed by atoms with Crippen LogP contribution < -0.4 is 24.4 Å². The summed E-state index contributed by atoms with van der Waals surface area (Å²) in [4.78, 5) is 29.3. The van der Waals surface area contributed by atoms with E-state index in [1.54, 1.807) is 36.3 Å². The quantitative estimate of drug-likeness (QED) is 0.329. The van der Waals surface area contributed by atoms with Gasteiger partial charge in [-0.05, 0) is 60.9 Å². The van der Waals surface area contributed by atoms with Gasteiger partial charge in [0.15, 0.2) is 16.9 Å². The van der Waals surface area contributed by atoms with Gasteiger partial charge in [-0.25, -0.2) is 0 Å². The van der Waals surface area contributed by atoms with Gasteiger partial charge in [0, 0.05) is 6.54 Å². The van der Waals surface area contributed by atoms with E-state index in [2.05, 4.69) is 0 Å². The molecule has 1 amide bonds. The number of hydrogen-bond acceptors (Lipinski definition) is 7. The Hall–Kier alpha value is -4.46. The SMILES string of the molecule is COc1ccc(CCN2C(=O)c3oc4ccc(C)cc4c(=O)c3[C@H]2c2cc(OC)c(OC)c(OC)c2)cc1. The molecule has 2 heterocycles. The molecule has 1 aliphatic heterocycles. The number of nitrogens with zero attached hydrogens (tertiary/aromatic N) is 1. The first-order valence-corrected chi connectivity index (χ1v) is 12.2. The van der Waals surface area contributed by atoms with Crippen LogP contribution in [0, 0.1) is 6.92 Å². The first-order chi connectivity index (χ1) is 18.4. The molecule has 38 heavy (non-hydrogen) atoms. The lowest BCUT2D eigenvalue weighted by molar-refractivity contribution is 0.0729. The van der Waals surface area contributed by atoms with Gasteiger partial charge in [-0.15, -0.1) is 0 Å². The number of aryl methyl sites for hydroxylation is 1. The standard InChI is InChI=1S/C30H29NO7/c1-17-6-11-22-21(14-17)27(32)25-26(19-15-23(35-3)28(37-5)24(16-19)36-4)31(30(33)29(25)38-22)13-12-18-7-9-20(34-2)10-8-18/h6-11,14-16,26H,12-13H2,1-5H3/t26-/m1/s1. The summed E-state index contributed by atoms with van der Waals surface area (Å²) in [5, 5.41) is 0.436. The van der Waals surface area contributed by atoms with Crippen LogP contribution in [0.1, 0.15) is 38.9 Å². The summed E-state index contributed by atoms with van der Waals surface area (Å²) in [6.07, 6.45) is 0.567. The topological polar surface area (TPSA) is 87.4 Å². The van der Waals surface area contributed by atoms with E-state index in [1.807, 2.05) is 37.3 Å². The summed E-state index contributed by atoms with van der Waals surface area (Å²) >= 11 is 0. The average molecular weight is 516 g/mol. The molecular formula is C30H29NO7. The molecule has 3 aromatic carbocycles. The fraction of sp³-hybridized carbons (Fsp3) is 0.267. The number of carbonyl (C=O) groups excluding carboxylic acids is 1. The average Bonchev–Trinajstić information content (AvgIpc) is 3.23. The highest BCUT2D eigenvalue weighted by molar-refractivity contribution is 5.99. The van der Waals surface area contributed by atoms with Crippen LogP contribution in [0.25, 0.3) is 11.0 Å². The van der Waals surface area contributed by atoms with Gasteiger partial charge in [-0.2, -0.15) is 0 Å². The van der Waals surface area contributed by atoms with Crippen molar-refractivity contribution >= 4 is 16.9 Å². The van der Waals surface area contributed by atoms with Crippen LogP contribution in [0.2, 0.25) is 0 Å². The fourth-order valence-electron chi connectivity index (χ4n) is 5.01. The highest BCUT2D eigenvalue weighted by Gasteiger charge is 2.43. The van der Waals surface area contributed by atoms with Crippen LogP contribution in [0.4, 0.5) is 0 Å². The summed E-state index contributed by atoms with van der Waals surface area (Å²) in [7, 11) is 6.20. The molecule has 196 valence electrons. The number of amides is 1. The Morgan fingerprint density at radius 3 is 2.13 bits per heavy atom. The molecule has 1 aliphatic rings. The lowest BCUT2D eigenvalue weighted by atomic mass is 9.97.